The van der Waals surface area contributed by atoms with Crippen molar-refractivity contribution in [1.82, 2.24) is 9.88 Å². The smallest absolute Gasteiger partial charge is 0.248 e. The minimum atomic E-state index is -0.165. The quantitative estimate of drug-likeness (QED) is 0.747. The maximum absolute atomic E-state index is 12.3. The number of likely N-dealkylation sites (tertiary alicyclic amines) is 1. The zero-order valence-electron chi connectivity index (χ0n) is 15.3. The van der Waals surface area contributed by atoms with Gasteiger partial charge in [0.1, 0.15) is 18.0 Å². The highest BCUT2D eigenvalue weighted by Gasteiger charge is 2.54. The monoisotopic (exact) mass is 360 g/mol. The zero-order chi connectivity index (χ0) is 17.8. The number of ether oxygens (including phenoxy) is 3. The minimum absolute atomic E-state index is 0.100. The molecule has 1 atom stereocenters. The Morgan fingerprint density at radius 3 is 2.92 bits per heavy atom. The van der Waals surface area contributed by atoms with Gasteiger partial charge in [-0.2, -0.15) is 0 Å². The van der Waals surface area contributed by atoms with E-state index in [-0.39, 0.29) is 24.2 Å². The molecule has 0 aromatic carbocycles. The average molecular weight is 360 g/mol. The van der Waals surface area contributed by atoms with E-state index in [4.69, 9.17) is 14.2 Å². The van der Waals surface area contributed by atoms with Crippen LogP contribution in [0.4, 0.5) is 0 Å². The normalized spacial score (nSPS) is 24.8. The second-order valence-electron chi connectivity index (χ2n) is 7.69. The number of rotatable bonds is 7. The molecule has 1 aromatic heterocycles. The summed E-state index contributed by atoms with van der Waals surface area (Å²) in [6.07, 6.45) is 10.4. The van der Waals surface area contributed by atoms with Gasteiger partial charge in [0.05, 0.1) is 32.0 Å². The van der Waals surface area contributed by atoms with Gasteiger partial charge in [0.2, 0.25) is 5.91 Å². The van der Waals surface area contributed by atoms with E-state index >= 15 is 0 Å². The van der Waals surface area contributed by atoms with Crippen LogP contribution in [0, 0.1) is 5.92 Å². The number of pyridine rings is 1. The van der Waals surface area contributed by atoms with Gasteiger partial charge in [-0.25, -0.2) is 0 Å². The summed E-state index contributed by atoms with van der Waals surface area (Å²) in [6, 6.07) is 3.79. The minimum Gasteiger partial charge on any atom is -0.492 e. The van der Waals surface area contributed by atoms with Gasteiger partial charge in [0, 0.05) is 12.8 Å². The Balaban J connectivity index is 1.20. The highest BCUT2D eigenvalue weighted by molar-refractivity contribution is 5.78. The molecule has 0 radical (unpaired) electrons. The molecule has 1 aliphatic carbocycles. The van der Waals surface area contributed by atoms with Crippen molar-refractivity contribution < 1.29 is 19.0 Å². The Kier molecular flexibility index (Phi) is 5.41. The number of hydrogen-bond donors (Lipinski definition) is 0. The predicted octanol–water partition coefficient (Wildman–Crippen LogP) is 2.43. The van der Waals surface area contributed by atoms with Gasteiger partial charge in [-0.3, -0.25) is 9.78 Å². The van der Waals surface area contributed by atoms with Crippen LogP contribution in [0.3, 0.4) is 0 Å². The van der Waals surface area contributed by atoms with Crippen molar-refractivity contribution in [3.63, 3.8) is 0 Å². The third-order valence-electron chi connectivity index (χ3n) is 5.98. The summed E-state index contributed by atoms with van der Waals surface area (Å²) in [6.45, 7) is 3.03. The van der Waals surface area contributed by atoms with Crippen molar-refractivity contribution in [1.29, 1.82) is 0 Å². The van der Waals surface area contributed by atoms with Crippen LogP contribution in [0.15, 0.2) is 24.5 Å². The topological polar surface area (TPSA) is 60.9 Å². The van der Waals surface area contributed by atoms with Crippen molar-refractivity contribution in [2.24, 2.45) is 5.92 Å². The molecule has 1 aromatic rings. The second kappa shape index (κ2) is 7.92. The van der Waals surface area contributed by atoms with Gasteiger partial charge in [-0.1, -0.05) is 12.8 Å². The van der Waals surface area contributed by atoms with Crippen LogP contribution in [-0.4, -0.2) is 60.4 Å². The first-order valence-corrected chi connectivity index (χ1v) is 9.81. The predicted molar refractivity (Wildman–Crippen MR) is 95.9 cm³/mol. The van der Waals surface area contributed by atoms with Crippen LogP contribution in [0.1, 0.15) is 38.5 Å². The van der Waals surface area contributed by atoms with Crippen molar-refractivity contribution in [3.8, 4) is 5.75 Å². The third-order valence-corrected chi connectivity index (χ3v) is 5.98. The molecule has 1 spiro atoms. The average Bonchev–Trinajstić information content (AvgIpc) is 3.29. The molecule has 0 N–H and O–H groups in total. The fourth-order valence-electron chi connectivity index (χ4n) is 4.41. The lowest BCUT2D eigenvalue weighted by Gasteiger charge is -2.50. The SMILES string of the molecule is O=C(COC1CCCC1)N1CC2(C1)OCC[C@@H]2CCOc1cccnc1. The van der Waals surface area contributed by atoms with Gasteiger partial charge in [-0.05, 0) is 43.7 Å². The Morgan fingerprint density at radius 2 is 2.15 bits per heavy atom. The molecular formula is C20H28N2O4. The molecule has 142 valence electrons. The van der Waals surface area contributed by atoms with E-state index in [9.17, 15) is 4.79 Å². The largest absolute Gasteiger partial charge is 0.492 e. The zero-order valence-corrected chi connectivity index (χ0v) is 15.3. The molecule has 26 heavy (non-hydrogen) atoms. The molecule has 1 amide bonds. The molecule has 0 unspecified atom stereocenters. The molecule has 2 aliphatic heterocycles. The first kappa shape index (κ1) is 17.7. The molecule has 6 nitrogen and oxygen atoms in total. The van der Waals surface area contributed by atoms with Gasteiger partial charge in [0.25, 0.3) is 0 Å². The van der Waals surface area contributed by atoms with E-state index in [2.05, 4.69) is 4.98 Å². The van der Waals surface area contributed by atoms with Crippen molar-refractivity contribution in [2.45, 2.75) is 50.2 Å². The molecule has 6 heteroatoms. The third kappa shape index (κ3) is 3.86. The number of carbonyl (C=O) groups excluding carboxylic acids is 1. The molecule has 4 rings (SSSR count). The summed E-state index contributed by atoms with van der Waals surface area (Å²) >= 11 is 0. The van der Waals surface area contributed by atoms with Crippen LogP contribution in [-0.2, 0) is 14.3 Å². The van der Waals surface area contributed by atoms with Gasteiger partial charge < -0.3 is 19.1 Å². The lowest BCUT2D eigenvalue weighted by molar-refractivity contribution is -0.171. The lowest BCUT2D eigenvalue weighted by Crippen LogP contribution is -2.66. The van der Waals surface area contributed by atoms with Gasteiger partial charge in [-0.15, -0.1) is 0 Å². The number of amides is 1. The first-order valence-electron chi connectivity index (χ1n) is 9.81. The fourth-order valence-corrected chi connectivity index (χ4v) is 4.41. The highest BCUT2D eigenvalue weighted by Crippen LogP contribution is 2.41. The van der Waals surface area contributed by atoms with E-state index in [1.54, 1.807) is 12.4 Å². The van der Waals surface area contributed by atoms with E-state index in [0.717, 1.165) is 38.0 Å². The van der Waals surface area contributed by atoms with Crippen LogP contribution in [0.2, 0.25) is 0 Å². The fraction of sp³-hybridized carbons (Fsp3) is 0.700. The maximum Gasteiger partial charge on any atom is 0.248 e. The number of carbonyl (C=O) groups is 1. The van der Waals surface area contributed by atoms with Crippen molar-refractivity contribution in [3.05, 3.63) is 24.5 Å². The summed E-state index contributed by atoms with van der Waals surface area (Å²) in [5.74, 6) is 1.34. The summed E-state index contributed by atoms with van der Waals surface area (Å²) in [5.41, 5.74) is -0.165. The standard InChI is InChI=1S/C20H28N2O4/c23-19(13-25-17-4-1-2-5-17)22-14-20(15-22)16(8-11-26-20)7-10-24-18-6-3-9-21-12-18/h3,6,9,12,16-17H,1-2,4-5,7-8,10-11,13-15H2/t16-/m0/s1. The van der Waals surface area contributed by atoms with Crippen LogP contribution in [0.5, 0.6) is 5.75 Å². The maximum atomic E-state index is 12.3. The number of hydrogen-bond acceptors (Lipinski definition) is 5. The lowest BCUT2D eigenvalue weighted by atomic mass is 9.79. The molecule has 0 bridgehead atoms. The molecule has 1 saturated carbocycles. The van der Waals surface area contributed by atoms with Crippen LogP contribution < -0.4 is 4.74 Å². The molecule has 3 heterocycles. The summed E-state index contributed by atoms with van der Waals surface area (Å²) in [5, 5.41) is 0. The Hall–Kier alpha value is -1.66. The van der Waals surface area contributed by atoms with Gasteiger partial charge >= 0.3 is 0 Å². The Bertz CT molecular complexity index is 597. The molecule has 3 aliphatic rings. The first-order chi connectivity index (χ1) is 12.8. The summed E-state index contributed by atoms with van der Waals surface area (Å²) in [4.78, 5) is 18.3. The van der Waals surface area contributed by atoms with Crippen molar-refractivity contribution >= 4 is 5.91 Å². The summed E-state index contributed by atoms with van der Waals surface area (Å²) in [7, 11) is 0. The molecular weight excluding hydrogens is 332 g/mol. The van der Waals surface area contributed by atoms with E-state index in [0.29, 0.717) is 25.6 Å². The van der Waals surface area contributed by atoms with E-state index in [1.165, 1.54) is 12.8 Å². The van der Waals surface area contributed by atoms with E-state index < -0.39 is 0 Å². The Labute approximate surface area is 154 Å². The Morgan fingerprint density at radius 1 is 1.31 bits per heavy atom. The number of aromatic nitrogens is 1. The summed E-state index contributed by atoms with van der Waals surface area (Å²) < 4.78 is 17.6. The molecule has 2 saturated heterocycles. The van der Waals surface area contributed by atoms with Gasteiger partial charge in [0.15, 0.2) is 0 Å². The van der Waals surface area contributed by atoms with Crippen molar-refractivity contribution in [2.75, 3.05) is 32.9 Å². The molecule has 3 fully saturated rings. The second-order valence-corrected chi connectivity index (χ2v) is 7.69. The highest BCUT2D eigenvalue weighted by atomic mass is 16.5. The van der Waals surface area contributed by atoms with E-state index in [1.807, 2.05) is 17.0 Å². The number of nitrogens with zero attached hydrogens (tertiary/aromatic N) is 2. The van der Waals surface area contributed by atoms with Crippen LogP contribution in [0.25, 0.3) is 0 Å². The van der Waals surface area contributed by atoms with Crippen LogP contribution >= 0.6 is 0 Å².